The van der Waals surface area contributed by atoms with Crippen molar-refractivity contribution < 1.29 is 37.3 Å². The second-order valence-electron chi connectivity index (χ2n) is 16.8. The molecule has 4 aromatic rings. The summed E-state index contributed by atoms with van der Waals surface area (Å²) >= 11 is 9.55. The number of hydrogen-bond acceptors (Lipinski definition) is 8. The van der Waals surface area contributed by atoms with Crippen molar-refractivity contribution in [1.82, 2.24) is 4.98 Å². The van der Waals surface area contributed by atoms with Crippen LogP contribution >= 0.6 is 34.7 Å². The Bertz CT molecular complexity index is 2280. The van der Waals surface area contributed by atoms with Crippen LogP contribution in [0.4, 0.5) is 13.2 Å². The quantitative estimate of drug-likeness (QED) is 0.104. The first kappa shape index (κ1) is 37.5. The number of aliphatic hydroxyl groups excluding tert-OH is 1. The van der Waals surface area contributed by atoms with Crippen molar-refractivity contribution in [3.63, 3.8) is 0 Å². The van der Waals surface area contributed by atoms with E-state index in [0.29, 0.717) is 43.6 Å². The zero-order valence-electron chi connectivity index (χ0n) is 30.8. The van der Waals surface area contributed by atoms with Crippen LogP contribution < -0.4 is 4.74 Å². The number of aromatic nitrogens is 1. The average molecular weight is 810 g/mol. The number of aliphatic hydroxyl groups is 2. The summed E-state index contributed by atoms with van der Waals surface area (Å²) in [6, 6.07) is 12.0. The highest BCUT2D eigenvalue weighted by Crippen LogP contribution is 2.78. The predicted molar refractivity (Wildman–Crippen MR) is 209 cm³/mol. The Kier molecular flexibility index (Phi) is 8.66. The Labute approximate surface area is 331 Å². The minimum Gasteiger partial charge on any atom is -0.494 e. The molecule has 8 atom stereocenters. The van der Waals surface area contributed by atoms with Crippen LogP contribution in [-0.2, 0) is 6.18 Å². The fourth-order valence-corrected chi connectivity index (χ4v) is 14.2. The molecule has 6 nitrogen and oxygen atoms in total. The van der Waals surface area contributed by atoms with E-state index in [1.54, 1.807) is 23.1 Å². The van der Waals surface area contributed by atoms with E-state index in [9.17, 15) is 23.4 Å². The molecule has 6 aliphatic rings. The van der Waals surface area contributed by atoms with E-state index in [-0.39, 0.29) is 45.1 Å². The number of alkyl halides is 3. The van der Waals surface area contributed by atoms with Gasteiger partial charge in [0, 0.05) is 33.1 Å². The molecule has 2 aromatic carbocycles. The maximum Gasteiger partial charge on any atom is 0.416 e. The number of nitrogens with zero attached hydrogens (tertiary/aromatic N) is 1. The summed E-state index contributed by atoms with van der Waals surface area (Å²) in [5, 5.41) is 23.9. The van der Waals surface area contributed by atoms with Crippen molar-refractivity contribution >= 4 is 50.7 Å². The number of furan rings is 1. The van der Waals surface area contributed by atoms with Gasteiger partial charge in [-0.15, -0.1) is 11.3 Å². The molecule has 55 heavy (non-hydrogen) atoms. The first-order valence-electron chi connectivity index (χ1n) is 19.1. The SMILES string of the molecule is CCOc1ccc2nc(SC[C@]3(O)CC[C@H]4[C@]56C=C[C@@]7(C=C5C(=O)c5ccc(-c8cc(C(F)(F)F)ccc8Cl)o5)CC(O)CC[C@]7(C)[C@H]6CC[C@@]43C)sc2c1. The Morgan fingerprint density at radius 1 is 1.04 bits per heavy atom. The van der Waals surface area contributed by atoms with E-state index in [0.717, 1.165) is 51.7 Å². The summed E-state index contributed by atoms with van der Waals surface area (Å²) in [5.74, 6) is 1.05. The Morgan fingerprint density at radius 3 is 2.58 bits per heavy atom. The third-order valence-electron chi connectivity index (χ3n) is 14.4. The largest absolute Gasteiger partial charge is 0.494 e. The Morgan fingerprint density at radius 2 is 1.80 bits per heavy atom. The molecule has 290 valence electrons. The number of hydrogen-bond donors (Lipinski definition) is 2. The number of thiazole rings is 1. The zero-order chi connectivity index (χ0) is 38.8. The molecule has 2 heterocycles. The third kappa shape index (κ3) is 5.42. The van der Waals surface area contributed by atoms with E-state index in [1.165, 1.54) is 18.2 Å². The van der Waals surface area contributed by atoms with E-state index in [2.05, 4.69) is 32.1 Å². The molecule has 12 heteroatoms. The van der Waals surface area contributed by atoms with Crippen LogP contribution in [0, 0.1) is 33.5 Å². The first-order valence-corrected chi connectivity index (χ1v) is 21.3. The number of benzene rings is 2. The predicted octanol–water partition coefficient (Wildman–Crippen LogP) is 11.2. The molecule has 3 fully saturated rings. The van der Waals surface area contributed by atoms with Gasteiger partial charge in [0.15, 0.2) is 10.1 Å². The Balaban J connectivity index is 1.08. The third-order valence-corrected chi connectivity index (χ3v) is 17.1. The number of rotatable bonds is 8. The van der Waals surface area contributed by atoms with Crippen LogP contribution in [0.2, 0.25) is 5.02 Å². The molecule has 2 spiro atoms. The maximum absolute atomic E-state index is 15.0. The number of halogens is 4. The number of ketones is 1. The second kappa shape index (κ2) is 12.7. The standard InChI is InChI=1S/C43H43ClF3NO5S2/c1-4-52-26-6-8-30-33(20-26)55-37(48-30)54-23-41(51)16-13-35-39(41,3)15-12-34-38(2)14-11-25(49)21-40(38)17-18-42(34,35)28(22-40)36(50)32-10-9-31(53-32)27-19-24(43(45,46)47)5-7-29(27)44/h5-10,17-20,22,25,34-35,49,51H,4,11-16,21,23H2,1-3H3/t25?,34-,35-,38-,39+,40+,41-,42-/m1/s1. The van der Waals surface area contributed by atoms with Gasteiger partial charge in [0.05, 0.1) is 39.1 Å². The van der Waals surface area contributed by atoms with E-state index < -0.39 is 39.7 Å². The van der Waals surface area contributed by atoms with Gasteiger partial charge in [0.25, 0.3) is 0 Å². The normalized spacial score (nSPS) is 35.0. The minimum absolute atomic E-state index is 0.0256. The molecule has 0 aliphatic heterocycles. The van der Waals surface area contributed by atoms with Gasteiger partial charge < -0.3 is 19.4 Å². The number of carbonyl (C=O) groups excluding carboxylic acids is 1. The summed E-state index contributed by atoms with van der Waals surface area (Å²) in [5.41, 5.74) is -2.37. The van der Waals surface area contributed by atoms with Gasteiger partial charge in [0.1, 0.15) is 11.5 Å². The van der Waals surface area contributed by atoms with Crippen LogP contribution in [0.5, 0.6) is 5.75 Å². The van der Waals surface area contributed by atoms with Crippen molar-refractivity contribution in [2.75, 3.05) is 12.4 Å². The average Bonchev–Trinajstić information content (AvgIpc) is 3.86. The minimum atomic E-state index is -4.58. The highest BCUT2D eigenvalue weighted by atomic mass is 35.5. The molecule has 1 unspecified atom stereocenters. The lowest BCUT2D eigenvalue weighted by atomic mass is 9.32. The molecular formula is C43H43ClF3NO5S2. The molecule has 2 N–H and O–H groups in total. The summed E-state index contributed by atoms with van der Waals surface area (Å²) in [4.78, 5) is 19.9. The van der Waals surface area contributed by atoms with Crippen molar-refractivity contribution in [3.05, 3.63) is 88.7 Å². The van der Waals surface area contributed by atoms with Crippen LogP contribution in [0.1, 0.15) is 81.8 Å². The molecule has 6 aliphatic carbocycles. The van der Waals surface area contributed by atoms with Crippen LogP contribution in [0.15, 0.2) is 81.1 Å². The number of allylic oxidation sites excluding steroid dienone is 4. The van der Waals surface area contributed by atoms with Crippen molar-refractivity contribution in [2.45, 2.75) is 87.9 Å². The van der Waals surface area contributed by atoms with Gasteiger partial charge in [-0.1, -0.05) is 55.4 Å². The molecule has 0 saturated heterocycles. The number of ether oxygens (including phenoxy) is 1. The summed E-state index contributed by atoms with van der Waals surface area (Å²) < 4.78 is 54.7. The molecule has 3 saturated carbocycles. The number of fused-ring (bicyclic) bond motifs is 2. The molecular weight excluding hydrogens is 767 g/mol. The van der Waals surface area contributed by atoms with E-state index >= 15 is 4.79 Å². The highest BCUT2D eigenvalue weighted by molar-refractivity contribution is 8.01. The number of carbonyl (C=O) groups is 1. The van der Waals surface area contributed by atoms with Gasteiger partial charge in [-0.2, -0.15) is 13.2 Å². The zero-order valence-corrected chi connectivity index (χ0v) is 33.2. The smallest absolute Gasteiger partial charge is 0.416 e. The fraction of sp³-hybridized carbons (Fsp3) is 0.488. The van der Waals surface area contributed by atoms with Crippen molar-refractivity contribution in [2.24, 2.45) is 33.5 Å². The van der Waals surface area contributed by atoms with Gasteiger partial charge in [-0.3, -0.25) is 4.79 Å². The topological polar surface area (TPSA) is 92.8 Å². The summed E-state index contributed by atoms with van der Waals surface area (Å²) in [7, 11) is 0. The van der Waals surface area contributed by atoms with Gasteiger partial charge in [0.2, 0.25) is 5.78 Å². The van der Waals surface area contributed by atoms with Crippen molar-refractivity contribution in [1.29, 1.82) is 0 Å². The van der Waals surface area contributed by atoms with Gasteiger partial charge in [-0.05, 0) is 118 Å². The number of thioether (sulfide) groups is 1. The summed E-state index contributed by atoms with van der Waals surface area (Å²) in [6.07, 6.45) is 6.38. The summed E-state index contributed by atoms with van der Waals surface area (Å²) in [6.45, 7) is 7.06. The molecule has 2 aromatic heterocycles. The molecule has 0 radical (unpaired) electrons. The monoisotopic (exact) mass is 809 g/mol. The lowest BCUT2D eigenvalue weighted by Gasteiger charge is -2.71. The maximum atomic E-state index is 15.0. The first-order chi connectivity index (χ1) is 26.1. The molecule has 0 amide bonds. The number of Topliss-reactive ketones (excluding diaryl/α,β-unsaturated/α-hetero) is 1. The van der Waals surface area contributed by atoms with Gasteiger partial charge in [-0.25, -0.2) is 4.98 Å². The molecule has 2 bridgehead atoms. The second-order valence-corrected chi connectivity index (χ2v) is 19.5. The van der Waals surface area contributed by atoms with Crippen molar-refractivity contribution in [3.8, 4) is 17.1 Å². The highest BCUT2D eigenvalue weighted by Gasteiger charge is 2.74. The lowest BCUT2D eigenvalue weighted by molar-refractivity contribution is -0.166. The lowest BCUT2D eigenvalue weighted by Crippen LogP contribution is -2.67. The van der Waals surface area contributed by atoms with E-state index in [4.69, 9.17) is 25.7 Å². The van der Waals surface area contributed by atoms with Crippen LogP contribution in [0.25, 0.3) is 21.5 Å². The van der Waals surface area contributed by atoms with Crippen LogP contribution in [-0.4, -0.2) is 45.0 Å². The molecule has 10 rings (SSSR count). The Hall–Kier alpha value is -3.09. The van der Waals surface area contributed by atoms with Gasteiger partial charge >= 0.3 is 6.18 Å². The van der Waals surface area contributed by atoms with E-state index in [1.807, 2.05) is 25.1 Å². The fourth-order valence-electron chi connectivity index (χ4n) is 11.6. The van der Waals surface area contributed by atoms with Crippen LogP contribution in [0.3, 0.4) is 0 Å².